The van der Waals surface area contributed by atoms with Gasteiger partial charge in [0.05, 0.1) is 11.3 Å². The highest BCUT2D eigenvalue weighted by molar-refractivity contribution is 6.06. The van der Waals surface area contributed by atoms with E-state index in [1.54, 1.807) is 0 Å². The number of rotatable bonds is 2. The molecule has 0 aliphatic carbocycles. The van der Waals surface area contributed by atoms with Gasteiger partial charge in [-0.1, -0.05) is 39.0 Å². The fourth-order valence-electron chi connectivity index (χ4n) is 2.32. The lowest BCUT2D eigenvalue weighted by atomic mass is 9.86. The number of anilines is 1. The maximum Gasteiger partial charge on any atom is 0.259 e. The lowest BCUT2D eigenvalue weighted by molar-refractivity contribution is 0.102. The highest BCUT2D eigenvalue weighted by Gasteiger charge is 2.21. The molecule has 1 amide bonds. The van der Waals surface area contributed by atoms with E-state index < -0.39 is 0 Å². The predicted octanol–water partition coefficient (Wildman–Crippen LogP) is 3.58. The Morgan fingerprint density at radius 1 is 1.20 bits per heavy atom. The van der Waals surface area contributed by atoms with Gasteiger partial charge in [0.15, 0.2) is 0 Å². The molecule has 0 aliphatic heterocycles. The normalized spacial score (nSPS) is 11.4. The van der Waals surface area contributed by atoms with Crippen LogP contribution in [0.25, 0.3) is 0 Å². The monoisotopic (exact) mass is 271 g/mol. The van der Waals surface area contributed by atoms with Crippen molar-refractivity contribution in [2.45, 2.75) is 40.0 Å². The molecule has 0 fully saturated rings. The quantitative estimate of drug-likeness (QED) is 0.877. The van der Waals surface area contributed by atoms with Crippen LogP contribution in [0.4, 0.5) is 5.69 Å². The van der Waals surface area contributed by atoms with Crippen molar-refractivity contribution in [2.24, 2.45) is 0 Å². The van der Waals surface area contributed by atoms with Gasteiger partial charge >= 0.3 is 0 Å². The Balaban J connectivity index is 2.34. The van der Waals surface area contributed by atoms with Crippen LogP contribution >= 0.6 is 0 Å². The molecule has 0 radical (unpaired) electrons. The van der Waals surface area contributed by atoms with Gasteiger partial charge in [-0.05, 0) is 30.9 Å². The number of amides is 1. The number of hydrogen-bond donors (Lipinski definition) is 2. The van der Waals surface area contributed by atoms with Crippen LogP contribution in [-0.4, -0.2) is 16.1 Å². The van der Waals surface area contributed by atoms with Gasteiger partial charge in [0.1, 0.15) is 0 Å². The molecule has 2 aromatic rings. The van der Waals surface area contributed by atoms with E-state index in [9.17, 15) is 4.79 Å². The number of para-hydroxylation sites is 1. The van der Waals surface area contributed by atoms with Crippen molar-refractivity contribution in [3.05, 3.63) is 46.8 Å². The molecule has 0 saturated heterocycles. The first kappa shape index (κ1) is 14.3. The second-order valence-electron chi connectivity index (χ2n) is 6.06. The average Bonchev–Trinajstić information content (AvgIpc) is 2.68. The van der Waals surface area contributed by atoms with E-state index in [1.807, 2.05) is 38.1 Å². The summed E-state index contributed by atoms with van der Waals surface area (Å²) in [4.78, 5) is 12.4. The number of carbonyl (C=O) groups excluding carboxylic acids is 1. The largest absolute Gasteiger partial charge is 0.322 e. The van der Waals surface area contributed by atoms with E-state index >= 15 is 0 Å². The summed E-state index contributed by atoms with van der Waals surface area (Å²) >= 11 is 0. The van der Waals surface area contributed by atoms with E-state index in [1.165, 1.54) is 0 Å². The summed E-state index contributed by atoms with van der Waals surface area (Å²) in [6.07, 6.45) is 0. The van der Waals surface area contributed by atoms with E-state index in [0.717, 1.165) is 16.9 Å². The van der Waals surface area contributed by atoms with Gasteiger partial charge in [-0.3, -0.25) is 9.89 Å². The summed E-state index contributed by atoms with van der Waals surface area (Å²) in [5, 5.41) is 9.90. The number of nitrogens with zero attached hydrogens (tertiary/aromatic N) is 1. The summed E-state index contributed by atoms with van der Waals surface area (Å²) < 4.78 is 0. The Morgan fingerprint density at radius 3 is 2.40 bits per heavy atom. The molecule has 106 valence electrons. The van der Waals surface area contributed by atoms with Crippen molar-refractivity contribution in [2.75, 3.05) is 5.32 Å². The summed E-state index contributed by atoms with van der Waals surface area (Å²) in [5.41, 5.74) is 4.07. The van der Waals surface area contributed by atoms with Gasteiger partial charge in [0.25, 0.3) is 5.91 Å². The first-order valence-corrected chi connectivity index (χ1v) is 6.73. The van der Waals surface area contributed by atoms with Crippen molar-refractivity contribution in [3.63, 3.8) is 0 Å². The van der Waals surface area contributed by atoms with Crippen LogP contribution in [0.15, 0.2) is 24.3 Å². The lowest BCUT2D eigenvalue weighted by Crippen LogP contribution is -2.19. The van der Waals surface area contributed by atoms with Gasteiger partial charge in [0, 0.05) is 11.4 Å². The zero-order valence-corrected chi connectivity index (χ0v) is 12.7. The standard InChI is InChI=1S/C16H21N3O/c1-10-14(11(2)19-18-10)15(20)17-13-9-7-6-8-12(13)16(3,4)5/h6-9H,1-5H3,(H,17,20)(H,18,19). The number of benzene rings is 1. The van der Waals surface area contributed by atoms with E-state index in [4.69, 9.17) is 0 Å². The van der Waals surface area contributed by atoms with Crippen LogP contribution in [0.1, 0.15) is 48.1 Å². The molecule has 0 atom stereocenters. The van der Waals surface area contributed by atoms with Crippen molar-refractivity contribution in [1.29, 1.82) is 0 Å². The third kappa shape index (κ3) is 2.74. The first-order chi connectivity index (χ1) is 9.30. The molecule has 2 rings (SSSR count). The van der Waals surface area contributed by atoms with Gasteiger partial charge in [-0.2, -0.15) is 5.10 Å². The minimum Gasteiger partial charge on any atom is -0.322 e. The summed E-state index contributed by atoms with van der Waals surface area (Å²) in [7, 11) is 0. The Morgan fingerprint density at radius 2 is 1.85 bits per heavy atom. The van der Waals surface area contributed by atoms with E-state index in [-0.39, 0.29) is 11.3 Å². The second-order valence-corrected chi connectivity index (χ2v) is 6.06. The lowest BCUT2D eigenvalue weighted by Gasteiger charge is -2.23. The number of aromatic nitrogens is 2. The van der Waals surface area contributed by atoms with Gasteiger partial charge in [-0.15, -0.1) is 0 Å². The van der Waals surface area contributed by atoms with Gasteiger partial charge in [0.2, 0.25) is 0 Å². The molecule has 1 aromatic carbocycles. The van der Waals surface area contributed by atoms with Crippen molar-refractivity contribution < 1.29 is 4.79 Å². The maximum absolute atomic E-state index is 12.4. The number of aromatic amines is 1. The van der Waals surface area contributed by atoms with E-state index in [0.29, 0.717) is 11.3 Å². The van der Waals surface area contributed by atoms with Crippen LogP contribution in [0.5, 0.6) is 0 Å². The second kappa shape index (κ2) is 5.12. The molecule has 2 N–H and O–H groups in total. The molecule has 20 heavy (non-hydrogen) atoms. The molecule has 0 aliphatic rings. The number of hydrogen-bond acceptors (Lipinski definition) is 2. The van der Waals surface area contributed by atoms with Crippen LogP contribution in [0, 0.1) is 13.8 Å². The molecule has 4 heteroatoms. The maximum atomic E-state index is 12.4. The fourth-order valence-corrected chi connectivity index (χ4v) is 2.32. The van der Waals surface area contributed by atoms with Gasteiger partial charge in [-0.25, -0.2) is 0 Å². The Labute approximate surface area is 119 Å². The summed E-state index contributed by atoms with van der Waals surface area (Å²) in [6, 6.07) is 7.90. The van der Waals surface area contributed by atoms with Gasteiger partial charge < -0.3 is 5.32 Å². The number of aryl methyl sites for hydroxylation is 2. The molecule has 4 nitrogen and oxygen atoms in total. The molecular formula is C16H21N3O. The topological polar surface area (TPSA) is 57.8 Å². The molecule has 0 spiro atoms. The predicted molar refractivity (Wildman–Crippen MR) is 81.2 cm³/mol. The molecular weight excluding hydrogens is 250 g/mol. The highest BCUT2D eigenvalue weighted by Crippen LogP contribution is 2.29. The van der Waals surface area contributed by atoms with Crippen LogP contribution in [0.3, 0.4) is 0 Å². The van der Waals surface area contributed by atoms with Crippen LogP contribution in [-0.2, 0) is 5.41 Å². The van der Waals surface area contributed by atoms with Crippen molar-refractivity contribution in [3.8, 4) is 0 Å². The SMILES string of the molecule is Cc1n[nH]c(C)c1C(=O)Nc1ccccc1C(C)(C)C. The minimum atomic E-state index is -0.120. The van der Waals surface area contributed by atoms with Crippen molar-refractivity contribution in [1.82, 2.24) is 10.2 Å². The summed E-state index contributed by atoms with van der Waals surface area (Å²) in [5.74, 6) is -0.120. The fraction of sp³-hybridized carbons (Fsp3) is 0.375. The number of carbonyl (C=O) groups is 1. The Hall–Kier alpha value is -2.10. The third-order valence-corrected chi connectivity index (χ3v) is 3.34. The summed E-state index contributed by atoms with van der Waals surface area (Å²) in [6.45, 7) is 10.1. The minimum absolute atomic E-state index is 0.0235. The molecule has 0 unspecified atom stereocenters. The number of nitrogens with one attached hydrogen (secondary N) is 2. The third-order valence-electron chi connectivity index (χ3n) is 3.34. The smallest absolute Gasteiger partial charge is 0.259 e. The average molecular weight is 271 g/mol. The highest BCUT2D eigenvalue weighted by atomic mass is 16.1. The first-order valence-electron chi connectivity index (χ1n) is 6.73. The van der Waals surface area contributed by atoms with Crippen LogP contribution < -0.4 is 5.32 Å². The van der Waals surface area contributed by atoms with E-state index in [2.05, 4.69) is 36.3 Å². The van der Waals surface area contributed by atoms with Crippen LogP contribution in [0.2, 0.25) is 0 Å². The molecule has 1 heterocycles. The molecule has 0 bridgehead atoms. The molecule has 0 saturated carbocycles. The zero-order chi connectivity index (χ0) is 14.9. The number of H-pyrrole nitrogens is 1. The Kier molecular flexibility index (Phi) is 3.66. The zero-order valence-electron chi connectivity index (χ0n) is 12.7. The Bertz CT molecular complexity index is 616. The van der Waals surface area contributed by atoms with Crippen molar-refractivity contribution >= 4 is 11.6 Å². The molecule has 1 aromatic heterocycles.